The first kappa shape index (κ1) is 13.1. The Balaban J connectivity index is 2.00. The van der Waals surface area contributed by atoms with Crippen molar-refractivity contribution in [3.8, 4) is 5.75 Å². The summed E-state index contributed by atoms with van der Waals surface area (Å²) in [6.07, 6.45) is 1.93. The third-order valence-electron chi connectivity index (χ3n) is 3.10. The maximum Gasteiger partial charge on any atom is 0.312 e. The largest absolute Gasteiger partial charge is 0.483 e. The van der Waals surface area contributed by atoms with Crippen LogP contribution < -0.4 is 10.1 Å². The molecular weight excluding hydrogens is 256 g/mol. The van der Waals surface area contributed by atoms with E-state index >= 15 is 0 Å². The topological polar surface area (TPSA) is 64.4 Å². The standard InChI is InChI=1S/C12H15ClN2O3/c1-14-7-8-4-10(5-8)18-12-3-2-9(13)6-11(12)15(16)17/h2-3,6,8,10,14H,4-5,7H2,1H3. The van der Waals surface area contributed by atoms with E-state index in [4.69, 9.17) is 16.3 Å². The van der Waals surface area contributed by atoms with Crippen LogP contribution in [0, 0.1) is 16.0 Å². The summed E-state index contributed by atoms with van der Waals surface area (Å²) in [6.45, 7) is 0.961. The first-order valence-corrected chi connectivity index (χ1v) is 6.23. The van der Waals surface area contributed by atoms with Crippen LogP contribution in [0.5, 0.6) is 5.75 Å². The predicted octanol–water partition coefficient (Wildman–Crippen LogP) is 2.63. The molecule has 1 N–H and O–H groups in total. The van der Waals surface area contributed by atoms with E-state index in [1.54, 1.807) is 12.1 Å². The van der Waals surface area contributed by atoms with Gasteiger partial charge < -0.3 is 10.1 Å². The Bertz CT molecular complexity index is 447. The number of nitro benzene ring substituents is 1. The number of nitrogens with zero attached hydrogens (tertiary/aromatic N) is 1. The average Bonchev–Trinajstić information content (AvgIpc) is 2.28. The van der Waals surface area contributed by atoms with E-state index in [2.05, 4.69) is 5.32 Å². The molecule has 0 atom stereocenters. The number of rotatable bonds is 5. The van der Waals surface area contributed by atoms with Crippen molar-refractivity contribution in [1.29, 1.82) is 0 Å². The number of nitro groups is 1. The Morgan fingerprint density at radius 2 is 2.28 bits per heavy atom. The fraction of sp³-hybridized carbons (Fsp3) is 0.500. The highest BCUT2D eigenvalue weighted by atomic mass is 35.5. The number of hydrogen-bond acceptors (Lipinski definition) is 4. The van der Waals surface area contributed by atoms with Crippen molar-refractivity contribution in [3.63, 3.8) is 0 Å². The van der Waals surface area contributed by atoms with Crippen LogP contribution in [0.2, 0.25) is 5.02 Å². The molecule has 1 aliphatic rings. The van der Waals surface area contributed by atoms with E-state index in [0.717, 1.165) is 19.4 Å². The summed E-state index contributed by atoms with van der Waals surface area (Å²) in [5.41, 5.74) is -0.0698. The summed E-state index contributed by atoms with van der Waals surface area (Å²) in [7, 11) is 1.91. The van der Waals surface area contributed by atoms with E-state index in [-0.39, 0.29) is 11.8 Å². The lowest BCUT2D eigenvalue weighted by Gasteiger charge is -2.35. The maximum absolute atomic E-state index is 10.9. The smallest absolute Gasteiger partial charge is 0.312 e. The monoisotopic (exact) mass is 270 g/mol. The minimum atomic E-state index is -0.467. The maximum atomic E-state index is 10.9. The zero-order valence-electron chi connectivity index (χ0n) is 10.1. The van der Waals surface area contributed by atoms with Gasteiger partial charge >= 0.3 is 5.69 Å². The van der Waals surface area contributed by atoms with Gasteiger partial charge in [-0.15, -0.1) is 0 Å². The number of ether oxygens (including phenoxy) is 1. The zero-order chi connectivity index (χ0) is 13.1. The van der Waals surface area contributed by atoms with Gasteiger partial charge in [0.2, 0.25) is 0 Å². The summed E-state index contributed by atoms with van der Waals surface area (Å²) in [5, 5.41) is 14.3. The van der Waals surface area contributed by atoms with Gasteiger partial charge in [0.25, 0.3) is 0 Å². The Morgan fingerprint density at radius 1 is 1.56 bits per heavy atom. The Hall–Kier alpha value is -1.33. The van der Waals surface area contributed by atoms with Gasteiger partial charge in [-0.25, -0.2) is 0 Å². The average molecular weight is 271 g/mol. The molecule has 98 valence electrons. The number of hydrogen-bond donors (Lipinski definition) is 1. The van der Waals surface area contributed by atoms with Gasteiger partial charge in [-0.2, -0.15) is 0 Å². The quantitative estimate of drug-likeness (QED) is 0.660. The second-order valence-corrected chi connectivity index (χ2v) is 4.94. The minimum absolute atomic E-state index is 0.0698. The Morgan fingerprint density at radius 3 is 2.89 bits per heavy atom. The van der Waals surface area contributed by atoms with E-state index in [1.165, 1.54) is 6.07 Å². The molecule has 0 amide bonds. The Labute approximate surface area is 110 Å². The van der Waals surface area contributed by atoms with Crippen molar-refractivity contribution in [2.24, 2.45) is 5.92 Å². The van der Waals surface area contributed by atoms with Gasteiger partial charge in [0.15, 0.2) is 5.75 Å². The van der Waals surface area contributed by atoms with E-state index in [0.29, 0.717) is 16.7 Å². The summed E-state index contributed by atoms with van der Waals surface area (Å²) in [5.74, 6) is 0.906. The molecule has 1 saturated carbocycles. The highest BCUT2D eigenvalue weighted by Crippen LogP contribution is 2.36. The molecule has 0 heterocycles. The molecule has 1 aromatic rings. The van der Waals surface area contributed by atoms with Gasteiger partial charge in [-0.3, -0.25) is 10.1 Å². The molecule has 2 rings (SSSR count). The fourth-order valence-electron chi connectivity index (χ4n) is 2.14. The molecule has 5 nitrogen and oxygen atoms in total. The summed E-state index contributed by atoms with van der Waals surface area (Å²) in [4.78, 5) is 10.4. The molecule has 0 aromatic heterocycles. The molecule has 1 aromatic carbocycles. The summed E-state index contributed by atoms with van der Waals surface area (Å²) in [6, 6.07) is 4.49. The van der Waals surface area contributed by atoms with Crippen molar-refractivity contribution in [3.05, 3.63) is 33.3 Å². The van der Waals surface area contributed by atoms with Crippen LogP contribution in [0.4, 0.5) is 5.69 Å². The molecule has 0 spiro atoms. The van der Waals surface area contributed by atoms with Crippen LogP contribution in [0.3, 0.4) is 0 Å². The molecule has 0 aliphatic heterocycles. The van der Waals surface area contributed by atoms with Gasteiger partial charge in [-0.1, -0.05) is 11.6 Å². The van der Waals surface area contributed by atoms with E-state index < -0.39 is 4.92 Å². The normalized spacial score (nSPS) is 22.3. The van der Waals surface area contributed by atoms with Gasteiger partial charge in [-0.05, 0) is 44.5 Å². The lowest BCUT2D eigenvalue weighted by Crippen LogP contribution is -2.38. The van der Waals surface area contributed by atoms with Crippen molar-refractivity contribution in [1.82, 2.24) is 5.32 Å². The fourth-order valence-corrected chi connectivity index (χ4v) is 2.30. The van der Waals surface area contributed by atoms with Crippen LogP contribution in [0.25, 0.3) is 0 Å². The third kappa shape index (κ3) is 2.91. The lowest BCUT2D eigenvalue weighted by atomic mass is 9.82. The first-order chi connectivity index (χ1) is 8.60. The van der Waals surface area contributed by atoms with Crippen LogP contribution >= 0.6 is 11.6 Å². The molecular formula is C12H15ClN2O3. The Kier molecular flexibility index (Phi) is 4.04. The molecule has 18 heavy (non-hydrogen) atoms. The highest BCUT2D eigenvalue weighted by molar-refractivity contribution is 6.30. The third-order valence-corrected chi connectivity index (χ3v) is 3.33. The molecule has 0 unspecified atom stereocenters. The van der Waals surface area contributed by atoms with Crippen molar-refractivity contribution in [2.45, 2.75) is 18.9 Å². The highest BCUT2D eigenvalue weighted by Gasteiger charge is 2.31. The van der Waals surface area contributed by atoms with Gasteiger partial charge in [0, 0.05) is 11.1 Å². The zero-order valence-corrected chi connectivity index (χ0v) is 10.8. The predicted molar refractivity (Wildman–Crippen MR) is 69.2 cm³/mol. The SMILES string of the molecule is CNCC1CC(Oc2ccc(Cl)cc2[N+](=O)[O-])C1. The number of halogens is 1. The molecule has 0 radical (unpaired) electrons. The second-order valence-electron chi connectivity index (χ2n) is 4.50. The van der Waals surface area contributed by atoms with Crippen molar-refractivity contribution >= 4 is 17.3 Å². The lowest BCUT2D eigenvalue weighted by molar-refractivity contribution is -0.386. The second kappa shape index (κ2) is 5.54. The molecule has 0 saturated heterocycles. The van der Waals surface area contributed by atoms with Crippen LogP contribution in [-0.2, 0) is 0 Å². The minimum Gasteiger partial charge on any atom is -0.483 e. The molecule has 1 fully saturated rings. The summed E-state index contributed by atoms with van der Waals surface area (Å²) < 4.78 is 5.65. The van der Waals surface area contributed by atoms with Crippen LogP contribution in [-0.4, -0.2) is 24.6 Å². The molecule has 1 aliphatic carbocycles. The van der Waals surface area contributed by atoms with Gasteiger partial charge in [0.05, 0.1) is 11.0 Å². The molecule has 0 bridgehead atoms. The van der Waals surface area contributed by atoms with E-state index in [9.17, 15) is 10.1 Å². The van der Waals surface area contributed by atoms with Crippen LogP contribution in [0.1, 0.15) is 12.8 Å². The van der Waals surface area contributed by atoms with Crippen molar-refractivity contribution < 1.29 is 9.66 Å². The van der Waals surface area contributed by atoms with Gasteiger partial charge in [0.1, 0.15) is 0 Å². The first-order valence-electron chi connectivity index (χ1n) is 5.85. The summed E-state index contributed by atoms with van der Waals surface area (Å²) >= 11 is 5.74. The van der Waals surface area contributed by atoms with Crippen LogP contribution in [0.15, 0.2) is 18.2 Å². The van der Waals surface area contributed by atoms with E-state index in [1.807, 2.05) is 7.05 Å². The number of nitrogens with one attached hydrogen (secondary N) is 1. The van der Waals surface area contributed by atoms with Crippen molar-refractivity contribution in [2.75, 3.05) is 13.6 Å². The molecule has 6 heteroatoms. The number of benzene rings is 1.